The van der Waals surface area contributed by atoms with Crippen LogP contribution in [0, 0.1) is 12.7 Å². The van der Waals surface area contributed by atoms with Crippen molar-refractivity contribution in [2.45, 2.75) is 13.0 Å². The third-order valence-corrected chi connectivity index (χ3v) is 5.38. The van der Waals surface area contributed by atoms with Gasteiger partial charge in [0.05, 0.1) is 18.7 Å². The van der Waals surface area contributed by atoms with E-state index in [1.807, 2.05) is 31.2 Å². The summed E-state index contributed by atoms with van der Waals surface area (Å²) in [6.45, 7) is 1.87. The Balaban J connectivity index is 1.97. The number of ketones is 1. The lowest BCUT2D eigenvalue weighted by Gasteiger charge is -2.27. The summed E-state index contributed by atoms with van der Waals surface area (Å²) in [6, 6.07) is 18.5. The van der Waals surface area contributed by atoms with Crippen LogP contribution in [0.25, 0.3) is 5.76 Å². The first-order valence-electron chi connectivity index (χ1n) is 9.69. The van der Waals surface area contributed by atoms with Crippen LogP contribution in [0.2, 0.25) is 0 Å². The van der Waals surface area contributed by atoms with Gasteiger partial charge >= 0.3 is 0 Å². The molecule has 5 nitrogen and oxygen atoms in total. The van der Waals surface area contributed by atoms with Gasteiger partial charge in [0, 0.05) is 17.3 Å². The molecule has 1 heterocycles. The fourth-order valence-electron chi connectivity index (χ4n) is 3.81. The van der Waals surface area contributed by atoms with Gasteiger partial charge in [0.2, 0.25) is 0 Å². The highest BCUT2D eigenvalue weighted by Crippen LogP contribution is 2.43. The van der Waals surface area contributed by atoms with Crippen LogP contribution in [0.3, 0.4) is 0 Å². The van der Waals surface area contributed by atoms with Crippen molar-refractivity contribution < 1.29 is 23.8 Å². The van der Waals surface area contributed by atoms with Gasteiger partial charge in [0.15, 0.2) is 0 Å². The minimum atomic E-state index is -0.849. The van der Waals surface area contributed by atoms with Crippen LogP contribution in [0.15, 0.2) is 78.4 Å². The molecule has 6 heteroatoms. The first-order chi connectivity index (χ1) is 14.9. The fourth-order valence-corrected chi connectivity index (χ4v) is 3.81. The topological polar surface area (TPSA) is 66.8 Å². The maximum absolute atomic E-state index is 13.4. The normalized spacial score (nSPS) is 17.8. The molecule has 0 radical (unpaired) electrons. The number of carbonyl (C=O) groups is 2. The fraction of sp³-hybridized carbons (Fsp3) is 0.120. The number of Topliss-reactive ketones (excluding diaryl/α,β-unsaturated/α-hetero) is 1. The van der Waals surface area contributed by atoms with E-state index in [4.69, 9.17) is 4.74 Å². The molecule has 1 amide bonds. The van der Waals surface area contributed by atoms with Gasteiger partial charge in [-0.25, -0.2) is 4.39 Å². The van der Waals surface area contributed by atoms with Crippen LogP contribution in [-0.4, -0.2) is 23.9 Å². The van der Waals surface area contributed by atoms with E-state index in [-0.39, 0.29) is 16.9 Å². The van der Waals surface area contributed by atoms with Crippen molar-refractivity contribution in [2.24, 2.45) is 0 Å². The smallest absolute Gasteiger partial charge is 0.300 e. The van der Waals surface area contributed by atoms with Gasteiger partial charge in [-0.3, -0.25) is 14.5 Å². The quantitative estimate of drug-likeness (QED) is 0.377. The van der Waals surface area contributed by atoms with Crippen molar-refractivity contribution in [1.29, 1.82) is 0 Å². The molecule has 1 aliphatic rings. The number of amides is 1. The Morgan fingerprint density at radius 2 is 1.71 bits per heavy atom. The van der Waals surface area contributed by atoms with Crippen molar-refractivity contribution in [2.75, 3.05) is 12.0 Å². The largest absolute Gasteiger partial charge is 0.507 e. The lowest BCUT2D eigenvalue weighted by atomic mass is 9.92. The Hall–Kier alpha value is -3.93. The van der Waals surface area contributed by atoms with E-state index in [2.05, 4.69) is 0 Å². The molecule has 1 unspecified atom stereocenters. The summed E-state index contributed by atoms with van der Waals surface area (Å²) in [5.74, 6) is -1.86. The zero-order valence-corrected chi connectivity index (χ0v) is 17.0. The maximum Gasteiger partial charge on any atom is 0.300 e. The minimum absolute atomic E-state index is 0.0475. The SMILES string of the molecule is COc1cccc(N2C(=O)C(=O)/C(=C(/O)c3ccc(F)cc3)C2c2ccccc2C)c1. The second-order valence-corrected chi connectivity index (χ2v) is 7.23. The molecule has 0 aromatic heterocycles. The lowest BCUT2D eigenvalue weighted by molar-refractivity contribution is -0.132. The van der Waals surface area contributed by atoms with Crippen molar-refractivity contribution in [3.8, 4) is 5.75 Å². The molecule has 156 valence electrons. The summed E-state index contributed by atoms with van der Waals surface area (Å²) in [5.41, 5.74) is 2.23. The number of methoxy groups -OCH3 is 1. The Labute approximate surface area is 179 Å². The van der Waals surface area contributed by atoms with E-state index in [0.717, 1.165) is 5.56 Å². The van der Waals surface area contributed by atoms with Gasteiger partial charge in [-0.05, 0) is 54.4 Å². The van der Waals surface area contributed by atoms with Crippen LogP contribution in [0.1, 0.15) is 22.7 Å². The molecule has 31 heavy (non-hydrogen) atoms. The predicted octanol–water partition coefficient (Wildman–Crippen LogP) is 4.77. The van der Waals surface area contributed by atoms with Gasteiger partial charge in [-0.15, -0.1) is 0 Å². The molecular formula is C25H20FNO4. The molecule has 1 fully saturated rings. The zero-order chi connectivity index (χ0) is 22.1. The van der Waals surface area contributed by atoms with E-state index in [1.54, 1.807) is 24.3 Å². The minimum Gasteiger partial charge on any atom is -0.507 e. The van der Waals surface area contributed by atoms with Crippen LogP contribution in [-0.2, 0) is 9.59 Å². The first-order valence-corrected chi connectivity index (χ1v) is 9.69. The van der Waals surface area contributed by atoms with Crippen molar-refractivity contribution in [3.63, 3.8) is 0 Å². The molecule has 4 rings (SSSR count). The maximum atomic E-state index is 13.4. The average Bonchev–Trinajstić information content (AvgIpc) is 3.04. The standard InChI is InChI=1S/C25H20FNO4/c1-15-6-3-4-9-20(15)22-21(23(28)16-10-12-17(26)13-11-16)24(29)25(30)27(22)18-7-5-8-19(14-18)31-2/h3-14,22,28H,1-2H3/b23-21+. The Bertz CT molecular complexity index is 1200. The zero-order valence-electron chi connectivity index (χ0n) is 17.0. The molecule has 1 N–H and O–H groups in total. The lowest BCUT2D eigenvalue weighted by Crippen LogP contribution is -2.29. The van der Waals surface area contributed by atoms with Crippen molar-refractivity contribution in [3.05, 3.63) is 101 Å². The van der Waals surface area contributed by atoms with Gasteiger partial charge in [0.25, 0.3) is 11.7 Å². The number of anilines is 1. The van der Waals surface area contributed by atoms with E-state index in [9.17, 15) is 19.1 Å². The summed E-state index contributed by atoms with van der Waals surface area (Å²) < 4.78 is 18.7. The number of aliphatic hydroxyl groups excluding tert-OH is 1. The number of aliphatic hydroxyl groups is 1. The number of aryl methyl sites for hydroxylation is 1. The number of hydrogen-bond acceptors (Lipinski definition) is 4. The van der Waals surface area contributed by atoms with Crippen LogP contribution >= 0.6 is 0 Å². The van der Waals surface area contributed by atoms with E-state index in [0.29, 0.717) is 17.0 Å². The molecule has 0 aliphatic carbocycles. The monoisotopic (exact) mass is 417 g/mol. The summed E-state index contributed by atoms with van der Waals surface area (Å²) in [6.07, 6.45) is 0. The number of rotatable bonds is 4. The highest BCUT2D eigenvalue weighted by atomic mass is 19.1. The average molecular weight is 417 g/mol. The predicted molar refractivity (Wildman–Crippen MR) is 115 cm³/mol. The molecule has 1 aliphatic heterocycles. The molecule has 3 aromatic rings. The van der Waals surface area contributed by atoms with Crippen molar-refractivity contribution in [1.82, 2.24) is 0 Å². The number of benzene rings is 3. The highest BCUT2D eigenvalue weighted by Gasteiger charge is 2.47. The summed E-state index contributed by atoms with van der Waals surface area (Å²) in [4.78, 5) is 27.6. The van der Waals surface area contributed by atoms with E-state index in [1.165, 1.54) is 36.3 Å². The van der Waals surface area contributed by atoms with Crippen LogP contribution < -0.4 is 9.64 Å². The number of ether oxygens (including phenoxy) is 1. The van der Waals surface area contributed by atoms with E-state index < -0.39 is 23.5 Å². The van der Waals surface area contributed by atoms with E-state index >= 15 is 0 Å². The van der Waals surface area contributed by atoms with Crippen LogP contribution in [0.5, 0.6) is 5.75 Å². The van der Waals surface area contributed by atoms with Gasteiger partial charge in [-0.2, -0.15) is 0 Å². The summed E-state index contributed by atoms with van der Waals surface area (Å²) >= 11 is 0. The number of nitrogens with zero attached hydrogens (tertiary/aromatic N) is 1. The number of halogens is 1. The molecule has 1 atom stereocenters. The second-order valence-electron chi connectivity index (χ2n) is 7.23. The molecule has 3 aromatic carbocycles. The summed E-state index contributed by atoms with van der Waals surface area (Å²) in [5, 5.41) is 11.0. The third kappa shape index (κ3) is 3.57. The highest BCUT2D eigenvalue weighted by molar-refractivity contribution is 6.51. The Morgan fingerprint density at radius 1 is 1.00 bits per heavy atom. The van der Waals surface area contributed by atoms with Crippen LogP contribution in [0.4, 0.5) is 10.1 Å². The van der Waals surface area contributed by atoms with Gasteiger partial charge in [0.1, 0.15) is 17.3 Å². The molecule has 0 bridgehead atoms. The molecular weight excluding hydrogens is 397 g/mol. The second kappa shape index (κ2) is 8.07. The number of hydrogen-bond donors (Lipinski definition) is 1. The first kappa shape index (κ1) is 20.3. The molecule has 1 saturated heterocycles. The van der Waals surface area contributed by atoms with Gasteiger partial charge < -0.3 is 9.84 Å². The molecule has 0 spiro atoms. The third-order valence-electron chi connectivity index (χ3n) is 5.38. The Kier molecular flexibility index (Phi) is 5.29. The Morgan fingerprint density at radius 3 is 2.39 bits per heavy atom. The number of carbonyl (C=O) groups excluding carboxylic acids is 2. The molecule has 0 saturated carbocycles. The van der Waals surface area contributed by atoms with Gasteiger partial charge in [-0.1, -0.05) is 30.3 Å². The summed E-state index contributed by atoms with van der Waals surface area (Å²) in [7, 11) is 1.51. The van der Waals surface area contributed by atoms with Crippen molar-refractivity contribution >= 4 is 23.1 Å².